The van der Waals surface area contributed by atoms with Crippen LogP contribution in [0.2, 0.25) is 5.02 Å². The number of sulfonamides is 1. The van der Waals surface area contributed by atoms with Crippen LogP contribution in [0.25, 0.3) is 0 Å². The second kappa shape index (κ2) is 8.93. The number of halogens is 1. The van der Waals surface area contributed by atoms with Gasteiger partial charge in [-0.3, -0.25) is 9.62 Å². The van der Waals surface area contributed by atoms with Crippen molar-refractivity contribution in [1.82, 2.24) is 9.88 Å². The van der Waals surface area contributed by atoms with E-state index in [0.717, 1.165) is 25.3 Å². The van der Waals surface area contributed by atoms with Gasteiger partial charge in [0.25, 0.3) is 10.0 Å². The third kappa shape index (κ3) is 4.95. The minimum atomic E-state index is -3.73. The summed E-state index contributed by atoms with van der Waals surface area (Å²) in [6, 6.07) is 15.4. The summed E-state index contributed by atoms with van der Waals surface area (Å²) in [5.41, 5.74) is 2.04. The van der Waals surface area contributed by atoms with Crippen molar-refractivity contribution in [2.75, 3.05) is 23.1 Å². The van der Waals surface area contributed by atoms with E-state index in [2.05, 4.69) is 51.1 Å². The first-order valence-electron chi connectivity index (χ1n) is 9.65. The van der Waals surface area contributed by atoms with E-state index in [0.29, 0.717) is 16.1 Å². The van der Waals surface area contributed by atoms with E-state index in [9.17, 15) is 8.42 Å². The third-order valence-corrected chi connectivity index (χ3v) is 7.65. The molecule has 1 aliphatic heterocycles. The van der Waals surface area contributed by atoms with Gasteiger partial charge in [0.15, 0.2) is 5.13 Å². The first-order valence-corrected chi connectivity index (χ1v) is 12.4. The second-order valence-electron chi connectivity index (χ2n) is 7.49. The number of likely N-dealkylation sites (tertiary alicyclic amines) is 1. The van der Waals surface area contributed by atoms with E-state index in [1.165, 1.54) is 23.0 Å². The molecule has 0 bridgehead atoms. The van der Waals surface area contributed by atoms with E-state index < -0.39 is 10.0 Å². The van der Waals surface area contributed by atoms with E-state index in [1.807, 2.05) is 6.07 Å². The molecule has 9 heteroatoms. The number of rotatable bonds is 7. The van der Waals surface area contributed by atoms with Crippen molar-refractivity contribution >= 4 is 43.8 Å². The highest BCUT2D eigenvalue weighted by Gasteiger charge is 2.30. The fraction of sp³-hybridized carbons (Fsp3) is 0.286. The zero-order valence-corrected chi connectivity index (χ0v) is 18.8. The zero-order valence-electron chi connectivity index (χ0n) is 16.5. The highest BCUT2D eigenvalue weighted by molar-refractivity contribution is 7.93. The molecule has 0 amide bonds. The van der Waals surface area contributed by atoms with Crippen LogP contribution in [0, 0.1) is 5.92 Å². The van der Waals surface area contributed by atoms with Gasteiger partial charge >= 0.3 is 0 Å². The molecule has 4 rings (SSSR count). The molecule has 2 aromatic carbocycles. The topological polar surface area (TPSA) is 74.3 Å². The molecule has 1 fully saturated rings. The second-order valence-corrected chi connectivity index (χ2v) is 10.5. The van der Waals surface area contributed by atoms with E-state index in [4.69, 9.17) is 11.6 Å². The molecule has 0 aliphatic carbocycles. The van der Waals surface area contributed by atoms with Gasteiger partial charge in [-0.1, -0.05) is 48.9 Å². The zero-order chi connectivity index (χ0) is 21.1. The van der Waals surface area contributed by atoms with E-state index in [-0.39, 0.29) is 10.9 Å². The number of nitrogens with one attached hydrogen (secondary N) is 2. The lowest BCUT2D eigenvalue weighted by molar-refractivity contribution is 0.319. The minimum Gasteiger partial charge on any atom is -0.379 e. The van der Waals surface area contributed by atoms with Crippen molar-refractivity contribution in [3.63, 3.8) is 0 Å². The van der Waals surface area contributed by atoms with Gasteiger partial charge in [0.2, 0.25) is 0 Å². The Balaban J connectivity index is 1.42. The Bertz CT molecular complexity index is 1090. The number of benzene rings is 2. The molecule has 2 heterocycles. The predicted octanol–water partition coefficient (Wildman–Crippen LogP) is 4.53. The normalized spacial score (nSPS) is 19.7. The molecular formula is C21H23ClN4O2S2. The standard InChI is InChI=1S/C21H23ClN4O2S2/c1-15-12-26(13-16-5-3-2-4-6-16)14-20(15)24-19-8-7-17(11-18(19)22)30(27,28)25-21-23-9-10-29-21/h2-11,15,20,24H,12-14H2,1H3,(H,23,25). The Labute approximate surface area is 186 Å². The molecule has 30 heavy (non-hydrogen) atoms. The lowest BCUT2D eigenvalue weighted by atomic mass is 10.1. The molecule has 1 saturated heterocycles. The number of anilines is 2. The predicted molar refractivity (Wildman–Crippen MR) is 123 cm³/mol. The molecule has 0 saturated carbocycles. The smallest absolute Gasteiger partial charge is 0.263 e. The highest BCUT2D eigenvalue weighted by Crippen LogP contribution is 2.30. The number of thiazole rings is 1. The molecule has 158 valence electrons. The van der Waals surface area contributed by atoms with Gasteiger partial charge in [0.05, 0.1) is 15.6 Å². The van der Waals surface area contributed by atoms with Crippen LogP contribution < -0.4 is 10.0 Å². The van der Waals surface area contributed by atoms with Gasteiger partial charge < -0.3 is 5.32 Å². The van der Waals surface area contributed by atoms with Crippen LogP contribution in [0.4, 0.5) is 10.8 Å². The quantitative estimate of drug-likeness (QED) is 0.539. The molecule has 1 aliphatic rings. The van der Waals surface area contributed by atoms with Crippen LogP contribution in [-0.4, -0.2) is 37.4 Å². The van der Waals surface area contributed by atoms with Gasteiger partial charge in [0, 0.05) is 37.3 Å². The monoisotopic (exact) mass is 462 g/mol. The summed E-state index contributed by atoms with van der Waals surface area (Å²) in [7, 11) is -3.73. The van der Waals surface area contributed by atoms with Crippen LogP contribution in [0.5, 0.6) is 0 Å². The SMILES string of the molecule is CC1CN(Cc2ccccc2)CC1Nc1ccc(S(=O)(=O)Nc2nccs2)cc1Cl. The average Bonchev–Trinajstić information content (AvgIpc) is 3.33. The maximum absolute atomic E-state index is 12.5. The molecule has 2 unspecified atom stereocenters. The van der Waals surface area contributed by atoms with Gasteiger partial charge in [-0.15, -0.1) is 11.3 Å². The van der Waals surface area contributed by atoms with Crippen molar-refractivity contribution in [3.05, 3.63) is 70.7 Å². The third-order valence-electron chi connectivity index (χ3n) is 5.18. The molecular weight excluding hydrogens is 440 g/mol. The van der Waals surface area contributed by atoms with E-state index in [1.54, 1.807) is 23.7 Å². The summed E-state index contributed by atoms with van der Waals surface area (Å²) < 4.78 is 27.6. The summed E-state index contributed by atoms with van der Waals surface area (Å²) >= 11 is 7.65. The lowest BCUT2D eigenvalue weighted by Gasteiger charge is -2.20. The maximum Gasteiger partial charge on any atom is 0.263 e. The van der Waals surface area contributed by atoms with Crippen molar-refractivity contribution in [2.24, 2.45) is 5.92 Å². The fourth-order valence-corrected chi connectivity index (χ4v) is 5.77. The van der Waals surface area contributed by atoms with Crippen LogP contribution in [0.1, 0.15) is 12.5 Å². The van der Waals surface area contributed by atoms with Crippen LogP contribution in [0.15, 0.2) is 65.0 Å². The Morgan fingerprint density at radius 2 is 2.00 bits per heavy atom. The Kier molecular flexibility index (Phi) is 6.29. The van der Waals surface area contributed by atoms with Gasteiger partial charge in [-0.2, -0.15) is 0 Å². The summed E-state index contributed by atoms with van der Waals surface area (Å²) in [5, 5.41) is 5.92. The first-order chi connectivity index (χ1) is 14.4. The van der Waals surface area contributed by atoms with Gasteiger partial charge in [-0.05, 0) is 29.7 Å². The number of nitrogens with zero attached hydrogens (tertiary/aromatic N) is 2. The molecule has 0 spiro atoms. The van der Waals surface area contributed by atoms with Gasteiger partial charge in [-0.25, -0.2) is 13.4 Å². The molecule has 1 aromatic heterocycles. The highest BCUT2D eigenvalue weighted by atomic mass is 35.5. The average molecular weight is 463 g/mol. The first kappa shape index (κ1) is 21.1. The molecule has 2 atom stereocenters. The Morgan fingerprint density at radius 3 is 2.70 bits per heavy atom. The number of hydrogen-bond donors (Lipinski definition) is 2. The molecule has 3 aromatic rings. The van der Waals surface area contributed by atoms with E-state index >= 15 is 0 Å². The van der Waals surface area contributed by atoms with Crippen molar-refractivity contribution in [3.8, 4) is 0 Å². The Morgan fingerprint density at radius 1 is 1.20 bits per heavy atom. The van der Waals surface area contributed by atoms with Crippen LogP contribution in [-0.2, 0) is 16.6 Å². The Hall–Kier alpha value is -2.13. The largest absolute Gasteiger partial charge is 0.379 e. The van der Waals surface area contributed by atoms with Crippen molar-refractivity contribution in [1.29, 1.82) is 0 Å². The lowest BCUT2D eigenvalue weighted by Crippen LogP contribution is -2.28. The molecule has 2 N–H and O–H groups in total. The van der Waals surface area contributed by atoms with Crippen LogP contribution in [0.3, 0.4) is 0 Å². The summed E-state index contributed by atoms with van der Waals surface area (Å²) in [4.78, 5) is 6.49. The van der Waals surface area contributed by atoms with Crippen LogP contribution >= 0.6 is 22.9 Å². The summed E-state index contributed by atoms with van der Waals surface area (Å²) in [6.45, 7) is 5.02. The number of hydrogen-bond acceptors (Lipinski definition) is 6. The fourth-order valence-electron chi connectivity index (χ4n) is 3.65. The molecule has 6 nitrogen and oxygen atoms in total. The van der Waals surface area contributed by atoms with Crippen molar-refractivity contribution < 1.29 is 8.42 Å². The maximum atomic E-state index is 12.5. The number of aromatic nitrogens is 1. The summed E-state index contributed by atoms with van der Waals surface area (Å²) in [5.74, 6) is 0.444. The minimum absolute atomic E-state index is 0.110. The van der Waals surface area contributed by atoms with Crippen molar-refractivity contribution in [2.45, 2.75) is 24.4 Å². The molecule has 0 radical (unpaired) electrons. The van der Waals surface area contributed by atoms with Gasteiger partial charge in [0.1, 0.15) is 0 Å². The summed E-state index contributed by atoms with van der Waals surface area (Å²) in [6.07, 6.45) is 1.55.